The van der Waals surface area contributed by atoms with Crippen LogP contribution in [0.1, 0.15) is 30.5 Å². The highest BCUT2D eigenvalue weighted by Gasteiger charge is 2.31. The second-order valence-corrected chi connectivity index (χ2v) is 5.05. The number of halogens is 1. The van der Waals surface area contributed by atoms with Gasteiger partial charge in [-0.05, 0) is 23.3 Å². The molecule has 3 nitrogen and oxygen atoms in total. The second-order valence-electron chi connectivity index (χ2n) is 5.05. The van der Waals surface area contributed by atoms with E-state index in [1.54, 1.807) is 12.1 Å². The van der Waals surface area contributed by atoms with Crippen molar-refractivity contribution in [2.24, 2.45) is 5.10 Å². The number of rotatable bonds is 2. The van der Waals surface area contributed by atoms with Crippen LogP contribution in [0.25, 0.3) is 0 Å². The summed E-state index contributed by atoms with van der Waals surface area (Å²) in [6.45, 7) is 1.51. The average Bonchev–Trinajstić information content (AvgIpc) is 2.94. The maximum absolute atomic E-state index is 13.0. The molecule has 0 unspecified atom stereocenters. The predicted molar refractivity (Wildman–Crippen MR) is 79.3 cm³/mol. The predicted octanol–water partition coefficient (Wildman–Crippen LogP) is 3.52. The van der Waals surface area contributed by atoms with Crippen molar-refractivity contribution in [3.63, 3.8) is 0 Å². The number of nitrogens with zero attached hydrogens (tertiary/aromatic N) is 2. The molecule has 0 saturated carbocycles. The summed E-state index contributed by atoms with van der Waals surface area (Å²) >= 11 is 0. The van der Waals surface area contributed by atoms with Crippen LogP contribution in [-0.2, 0) is 4.79 Å². The third-order valence-electron chi connectivity index (χ3n) is 3.59. The zero-order valence-corrected chi connectivity index (χ0v) is 11.7. The van der Waals surface area contributed by atoms with Crippen LogP contribution in [0.15, 0.2) is 59.7 Å². The van der Waals surface area contributed by atoms with E-state index in [9.17, 15) is 9.18 Å². The maximum atomic E-state index is 13.0. The van der Waals surface area contributed by atoms with Crippen molar-refractivity contribution >= 4 is 11.6 Å². The number of hydrogen-bond donors (Lipinski definition) is 0. The lowest BCUT2D eigenvalue weighted by Gasteiger charge is -2.20. The summed E-state index contributed by atoms with van der Waals surface area (Å²) in [6.07, 6.45) is 0.634. The molecule has 1 amide bonds. The van der Waals surface area contributed by atoms with Gasteiger partial charge in [0.05, 0.1) is 11.8 Å². The Kier molecular flexibility index (Phi) is 3.52. The third-order valence-corrected chi connectivity index (χ3v) is 3.59. The first-order chi connectivity index (χ1) is 10.1. The van der Waals surface area contributed by atoms with E-state index in [0.717, 1.165) is 16.8 Å². The highest BCUT2D eigenvalue weighted by Crippen LogP contribution is 2.32. The molecule has 1 aliphatic heterocycles. The van der Waals surface area contributed by atoms with Gasteiger partial charge in [0.2, 0.25) is 5.91 Å². The van der Waals surface area contributed by atoms with Gasteiger partial charge in [0, 0.05) is 13.3 Å². The lowest BCUT2D eigenvalue weighted by Crippen LogP contribution is -2.24. The zero-order chi connectivity index (χ0) is 14.8. The molecular weight excluding hydrogens is 267 g/mol. The minimum Gasteiger partial charge on any atom is -0.273 e. The molecule has 0 aromatic heterocycles. The Hall–Kier alpha value is -2.49. The number of amides is 1. The van der Waals surface area contributed by atoms with Crippen LogP contribution in [0.3, 0.4) is 0 Å². The van der Waals surface area contributed by atoms with Gasteiger partial charge in [-0.1, -0.05) is 42.5 Å². The summed E-state index contributed by atoms with van der Waals surface area (Å²) in [6, 6.07) is 15.9. The van der Waals surface area contributed by atoms with Gasteiger partial charge >= 0.3 is 0 Å². The second kappa shape index (κ2) is 5.48. The van der Waals surface area contributed by atoms with Crippen LogP contribution in [0.4, 0.5) is 4.39 Å². The van der Waals surface area contributed by atoms with Crippen LogP contribution in [-0.4, -0.2) is 16.6 Å². The average molecular weight is 282 g/mol. The van der Waals surface area contributed by atoms with Crippen molar-refractivity contribution in [2.45, 2.75) is 19.4 Å². The number of hydrogen-bond acceptors (Lipinski definition) is 2. The molecule has 106 valence electrons. The van der Waals surface area contributed by atoms with Crippen LogP contribution < -0.4 is 0 Å². The van der Waals surface area contributed by atoms with Crippen molar-refractivity contribution in [1.29, 1.82) is 0 Å². The summed E-state index contributed by atoms with van der Waals surface area (Å²) < 4.78 is 13.0. The molecule has 1 heterocycles. The zero-order valence-electron chi connectivity index (χ0n) is 11.7. The van der Waals surface area contributed by atoms with Crippen LogP contribution in [0, 0.1) is 5.82 Å². The molecule has 0 saturated heterocycles. The summed E-state index contributed by atoms with van der Waals surface area (Å²) in [4.78, 5) is 11.8. The Morgan fingerprint density at radius 3 is 2.43 bits per heavy atom. The lowest BCUT2D eigenvalue weighted by atomic mass is 9.98. The monoisotopic (exact) mass is 282 g/mol. The first-order valence-corrected chi connectivity index (χ1v) is 6.83. The Labute approximate surface area is 122 Å². The van der Waals surface area contributed by atoms with Gasteiger partial charge in [-0.2, -0.15) is 5.10 Å². The normalized spacial score (nSPS) is 17.7. The first kappa shape index (κ1) is 13.5. The Morgan fingerprint density at radius 1 is 1.14 bits per heavy atom. The van der Waals surface area contributed by atoms with Crippen molar-refractivity contribution in [2.75, 3.05) is 0 Å². The Morgan fingerprint density at radius 2 is 1.81 bits per heavy atom. The molecule has 0 aliphatic carbocycles. The summed E-state index contributed by atoms with van der Waals surface area (Å²) in [5.74, 6) is -0.374. The lowest BCUT2D eigenvalue weighted by molar-refractivity contribution is -0.130. The van der Waals surface area contributed by atoms with Gasteiger partial charge in [0.15, 0.2) is 0 Å². The largest absolute Gasteiger partial charge is 0.273 e. The summed E-state index contributed by atoms with van der Waals surface area (Å²) in [5.41, 5.74) is 2.70. The van der Waals surface area contributed by atoms with Crippen molar-refractivity contribution in [3.8, 4) is 0 Å². The fourth-order valence-corrected chi connectivity index (χ4v) is 2.55. The fourth-order valence-electron chi connectivity index (χ4n) is 2.55. The van der Waals surface area contributed by atoms with Gasteiger partial charge in [0.1, 0.15) is 5.82 Å². The highest BCUT2D eigenvalue weighted by atomic mass is 19.1. The quantitative estimate of drug-likeness (QED) is 0.829. The third kappa shape index (κ3) is 2.70. The SMILES string of the molecule is CC(=O)N1N=C(c2ccc(F)cc2)C[C@@H]1c1ccccc1. The maximum Gasteiger partial charge on any atom is 0.240 e. The molecule has 0 spiro atoms. The Balaban J connectivity index is 1.93. The molecule has 3 rings (SSSR count). The molecule has 0 radical (unpaired) electrons. The number of hydrazone groups is 1. The van der Waals surface area contributed by atoms with Gasteiger partial charge < -0.3 is 0 Å². The highest BCUT2D eigenvalue weighted by molar-refractivity contribution is 6.03. The molecule has 0 N–H and O–H groups in total. The summed E-state index contributed by atoms with van der Waals surface area (Å²) in [5, 5.41) is 5.93. The van der Waals surface area contributed by atoms with Crippen molar-refractivity contribution in [1.82, 2.24) is 5.01 Å². The smallest absolute Gasteiger partial charge is 0.240 e. The van der Waals surface area contributed by atoms with Gasteiger partial charge in [0.25, 0.3) is 0 Å². The molecule has 1 atom stereocenters. The van der Waals surface area contributed by atoms with Gasteiger partial charge in [-0.15, -0.1) is 0 Å². The molecule has 0 fully saturated rings. The number of carbonyl (C=O) groups excluding carboxylic acids is 1. The van der Waals surface area contributed by atoms with E-state index in [0.29, 0.717) is 6.42 Å². The van der Waals surface area contributed by atoms with E-state index >= 15 is 0 Å². The molecule has 4 heteroatoms. The van der Waals surface area contributed by atoms with Crippen LogP contribution in [0.2, 0.25) is 0 Å². The number of carbonyl (C=O) groups is 1. The van der Waals surface area contributed by atoms with Crippen molar-refractivity contribution < 1.29 is 9.18 Å². The van der Waals surface area contributed by atoms with Gasteiger partial charge in [-0.25, -0.2) is 9.40 Å². The molecular formula is C17H15FN2O. The van der Waals surface area contributed by atoms with E-state index in [1.165, 1.54) is 24.1 Å². The topological polar surface area (TPSA) is 32.7 Å². The standard InChI is InChI=1S/C17H15FN2O/c1-12(21)20-17(14-5-3-2-4-6-14)11-16(19-20)13-7-9-15(18)10-8-13/h2-10,17H,11H2,1H3/t17-/m1/s1. The molecule has 21 heavy (non-hydrogen) atoms. The first-order valence-electron chi connectivity index (χ1n) is 6.83. The minimum atomic E-state index is -0.277. The number of benzene rings is 2. The van der Waals surface area contributed by atoms with E-state index in [2.05, 4.69) is 5.10 Å². The molecule has 2 aromatic rings. The van der Waals surface area contributed by atoms with E-state index in [1.807, 2.05) is 30.3 Å². The van der Waals surface area contributed by atoms with Gasteiger partial charge in [-0.3, -0.25) is 4.79 Å². The van der Waals surface area contributed by atoms with Crippen molar-refractivity contribution in [3.05, 3.63) is 71.5 Å². The molecule has 1 aliphatic rings. The molecule has 2 aromatic carbocycles. The van der Waals surface area contributed by atoms with E-state index in [4.69, 9.17) is 0 Å². The van der Waals surface area contributed by atoms with E-state index in [-0.39, 0.29) is 17.8 Å². The van der Waals surface area contributed by atoms with Crippen LogP contribution in [0.5, 0.6) is 0 Å². The fraction of sp³-hybridized carbons (Fsp3) is 0.176. The summed E-state index contributed by atoms with van der Waals surface area (Å²) in [7, 11) is 0. The minimum absolute atomic E-state index is 0.0937. The van der Waals surface area contributed by atoms with Crippen LogP contribution >= 0.6 is 0 Å². The van der Waals surface area contributed by atoms with E-state index < -0.39 is 0 Å². The Bertz CT molecular complexity index is 680. The molecule has 0 bridgehead atoms.